The first-order valence-corrected chi connectivity index (χ1v) is 14.7. The van der Waals surface area contributed by atoms with Crippen molar-refractivity contribution in [1.82, 2.24) is 9.66 Å². The molecule has 0 aliphatic carbocycles. The Morgan fingerprint density at radius 1 is 0.864 bits per heavy atom. The molecule has 0 spiro atoms. The smallest absolute Gasteiger partial charge is 0.336 e. The van der Waals surface area contributed by atoms with Crippen LogP contribution in [0, 0.1) is 0 Å². The summed E-state index contributed by atoms with van der Waals surface area (Å²) >= 11 is 6.96. The summed E-state index contributed by atoms with van der Waals surface area (Å²) in [5.74, 6) is 1.01. The van der Waals surface area contributed by atoms with E-state index in [2.05, 4.69) is 37.0 Å². The molecule has 0 atom stereocenters. The average Bonchev–Trinajstić information content (AvgIpc) is 3.04. The number of benzene rings is 4. The molecule has 44 heavy (non-hydrogen) atoms. The summed E-state index contributed by atoms with van der Waals surface area (Å²) in [6, 6.07) is 23.2. The van der Waals surface area contributed by atoms with Gasteiger partial charge in [-0.3, -0.25) is 4.79 Å². The normalized spacial score (nSPS) is 11.3. The molecule has 0 aliphatic rings. The van der Waals surface area contributed by atoms with Crippen molar-refractivity contribution in [2.45, 2.75) is 0 Å². The summed E-state index contributed by atoms with van der Waals surface area (Å²) in [5.41, 5.74) is 1.84. The van der Waals surface area contributed by atoms with Crippen LogP contribution in [0.15, 0.2) is 104 Å². The van der Waals surface area contributed by atoms with Crippen LogP contribution in [0.25, 0.3) is 28.4 Å². The molecule has 5 aromatic rings. The summed E-state index contributed by atoms with van der Waals surface area (Å²) in [6.45, 7) is 0. The summed E-state index contributed by atoms with van der Waals surface area (Å²) in [7, 11) is 4.51. The van der Waals surface area contributed by atoms with Crippen LogP contribution >= 0.6 is 31.9 Å². The molecule has 4 aromatic carbocycles. The molecule has 1 aromatic heterocycles. The zero-order valence-corrected chi connectivity index (χ0v) is 27.0. The van der Waals surface area contributed by atoms with Crippen molar-refractivity contribution in [3.8, 4) is 34.4 Å². The molecule has 5 rings (SSSR count). The number of fused-ring (bicyclic) bond motifs is 1. The summed E-state index contributed by atoms with van der Waals surface area (Å²) in [5, 5.41) is 4.92. The number of methoxy groups -OCH3 is 3. The van der Waals surface area contributed by atoms with Gasteiger partial charge in [-0.25, -0.2) is 9.78 Å². The number of esters is 1. The lowest BCUT2D eigenvalue weighted by atomic mass is 10.1. The number of ether oxygens (including phenoxy) is 4. The fraction of sp³-hybridized carbons (Fsp3) is 0.0909. The van der Waals surface area contributed by atoms with Crippen molar-refractivity contribution >= 4 is 61.0 Å². The van der Waals surface area contributed by atoms with Crippen molar-refractivity contribution in [1.29, 1.82) is 0 Å². The number of carbonyl (C=O) groups excluding carboxylic acids is 1. The van der Waals surface area contributed by atoms with Gasteiger partial charge in [0, 0.05) is 21.7 Å². The van der Waals surface area contributed by atoms with Crippen LogP contribution in [0.4, 0.5) is 0 Å². The number of halogens is 2. The lowest BCUT2D eigenvalue weighted by Crippen LogP contribution is -2.20. The second-order valence-corrected chi connectivity index (χ2v) is 11.0. The van der Waals surface area contributed by atoms with E-state index in [4.69, 9.17) is 23.9 Å². The average molecular weight is 719 g/mol. The second-order valence-electron chi connectivity index (χ2n) is 9.20. The molecule has 11 heteroatoms. The minimum atomic E-state index is -0.589. The Bertz CT molecular complexity index is 1950. The maximum atomic E-state index is 13.8. The Kier molecular flexibility index (Phi) is 9.56. The molecular weight excluding hydrogens is 694 g/mol. The first-order chi connectivity index (χ1) is 21.3. The molecule has 0 amide bonds. The summed E-state index contributed by atoms with van der Waals surface area (Å²) in [4.78, 5) is 31.3. The van der Waals surface area contributed by atoms with Crippen LogP contribution in [-0.2, 0) is 4.79 Å². The Morgan fingerprint density at radius 2 is 1.55 bits per heavy atom. The number of nitrogens with zero attached hydrogens (tertiary/aromatic N) is 3. The maximum absolute atomic E-state index is 13.8. The minimum Gasteiger partial charge on any atom is -0.493 e. The van der Waals surface area contributed by atoms with E-state index in [-0.39, 0.29) is 11.6 Å². The number of carbonyl (C=O) groups is 1. The molecule has 0 radical (unpaired) electrons. The maximum Gasteiger partial charge on any atom is 0.336 e. The standard InChI is InChI=1S/C33H25Br2N3O6/c1-41-27-16-21(17-28(42-2)31(27)43-3)32-37-26-12-8-7-11-24(26)33(40)38(32)36-19-22-15-23(34)18-25(35)30(22)44-29(39)14-13-20-9-5-4-6-10-20/h4-19H,1-3H3/b14-13+,36-19?. The van der Waals surface area contributed by atoms with Gasteiger partial charge in [-0.1, -0.05) is 58.4 Å². The minimum absolute atomic E-state index is 0.218. The van der Waals surface area contributed by atoms with Gasteiger partial charge in [0.05, 0.1) is 42.9 Å². The Balaban J connectivity index is 1.62. The molecular formula is C33H25Br2N3O6. The number of hydrogen-bond acceptors (Lipinski definition) is 8. The van der Waals surface area contributed by atoms with Crippen LogP contribution < -0.4 is 24.5 Å². The van der Waals surface area contributed by atoms with Crippen LogP contribution in [0.1, 0.15) is 11.1 Å². The molecule has 0 saturated heterocycles. The van der Waals surface area contributed by atoms with Gasteiger partial charge >= 0.3 is 5.97 Å². The zero-order chi connectivity index (χ0) is 31.2. The molecule has 0 unspecified atom stereocenters. The van der Waals surface area contributed by atoms with E-state index >= 15 is 0 Å². The van der Waals surface area contributed by atoms with E-state index in [1.54, 1.807) is 54.6 Å². The number of para-hydroxylation sites is 1. The van der Waals surface area contributed by atoms with Crippen LogP contribution in [0.2, 0.25) is 0 Å². The number of aromatic nitrogens is 2. The van der Waals surface area contributed by atoms with Crippen molar-refractivity contribution in [3.63, 3.8) is 0 Å². The molecule has 0 saturated carbocycles. The van der Waals surface area contributed by atoms with Crippen molar-refractivity contribution in [2.75, 3.05) is 21.3 Å². The molecule has 9 nitrogen and oxygen atoms in total. The zero-order valence-electron chi connectivity index (χ0n) is 23.8. The second kappa shape index (κ2) is 13.7. The predicted octanol–water partition coefficient (Wildman–Crippen LogP) is 7.12. The fourth-order valence-corrected chi connectivity index (χ4v) is 5.73. The van der Waals surface area contributed by atoms with Crippen LogP contribution in [-0.4, -0.2) is 43.2 Å². The third-order valence-corrected chi connectivity index (χ3v) is 7.49. The third-order valence-electron chi connectivity index (χ3n) is 6.44. The summed E-state index contributed by atoms with van der Waals surface area (Å²) < 4.78 is 24.6. The van der Waals surface area contributed by atoms with Gasteiger partial charge in [-0.2, -0.15) is 9.78 Å². The van der Waals surface area contributed by atoms with Gasteiger partial charge in [0.2, 0.25) is 5.75 Å². The molecule has 1 heterocycles. The van der Waals surface area contributed by atoms with Crippen molar-refractivity contribution < 1.29 is 23.7 Å². The van der Waals surface area contributed by atoms with Gasteiger partial charge in [0.25, 0.3) is 5.56 Å². The monoisotopic (exact) mass is 717 g/mol. The topological polar surface area (TPSA) is 101 Å². The highest BCUT2D eigenvalue weighted by atomic mass is 79.9. The van der Waals surface area contributed by atoms with E-state index in [0.29, 0.717) is 48.2 Å². The molecule has 0 fully saturated rings. The highest BCUT2D eigenvalue weighted by molar-refractivity contribution is 9.11. The number of rotatable bonds is 9. The van der Waals surface area contributed by atoms with Crippen molar-refractivity contribution in [3.05, 3.63) is 115 Å². The van der Waals surface area contributed by atoms with E-state index in [9.17, 15) is 9.59 Å². The SMILES string of the molecule is COc1cc(-c2nc3ccccc3c(=O)n2N=Cc2cc(Br)cc(Br)c2OC(=O)/C=C/c2ccccc2)cc(OC)c1OC. The van der Waals surface area contributed by atoms with Crippen molar-refractivity contribution in [2.24, 2.45) is 5.10 Å². The molecule has 0 aliphatic heterocycles. The van der Waals surface area contributed by atoms with Gasteiger partial charge in [0.15, 0.2) is 23.1 Å². The van der Waals surface area contributed by atoms with Crippen LogP contribution in [0.3, 0.4) is 0 Å². The molecule has 222 valence electrons. The highest BCUT2D eigenvalue weighted by Crippen LogP contribution is 2.41. The molecule has 0 N–H and O–H groups in total. The summed E-state index contributed by atoms with van der Waals surface area (Å²) in [6.07, 6.45) is 4.43. The predicted molar refractivity (Wildman–Crippen MR) is 177 cm³/mol. The Labute approximate surface area is 269 Å². The lowest BCUT2D eigenvalue weighted by Gasteiger charge is -2.15. The first kappa shape index (κ1) is 30.7. The van der Waals surface area contributed by atoms with Gasteiger partial charge in [0.1, 0.15) is 0 Å². The van der Waals surface area contributed by atoms with E-state index in [0.717, 1.165) is 5.56 Å². The Hall–Kier alpha value is -4.74. The van der Waals surface area contributed by atoms with Crippen LogP contribution in [0.5, 0.6) is 23.0 Å². The quantitative estimate of drug-likeness (QED) is 0.0693. The largest absolute Gasteiger partial charge is 0.493 e. The van der Waals surface area contributed by atoms with E-state index in [1.807, 2.05) is 30.3 Å². The van der Waals surface area contributed by atoms with E-state index in [1.165, 1.54) is 38.3 Å². The van der Waals surface area contributed by atoms with E-state index < -0.39 is 11.5 Å². The third kappa shape index (κ3) is 6.58. The van der Waals surface area contributed by atoms with Gasteiger partial charge < -0.3 is 18.9 Å². The fourth-order valence-electron chi connectivity index (χ4n) is 4.39. The molecule has 0 bridgehead atoms. The number of hydrogen-bond donors (Lipinski definition) is 0. The van der Waals surface area contributed by atoms with Gasteiger partial charge in [-0.05, 0) is 64.0 Å². The highest BCUT2D eigenvalue weighted by Gasteiger charge is 2.19. The first-order valence-electron chi connectivity index (χ1n) is 13.1. The van der Waals surface area contributed by atoms with Gasteiger partial charge in [-0.15, -0.1) is 0 Å². The Morgan fingerprint density at radius 3 is 2.23 bits per heavy atom. The lowest BCUT2D eigenvalue weighted by molar-refractivity contribution is -0.128.